The largest absolute Gasteiger partial charge is 0.480 e. The standard InChI is InChI=1S/C10H16O5/c1-2-14-6-4-10(9(12)13)7-15-5-3-8(10)11/h2-7H2,1H3,(H,12,13). The number of ether oxygens (including phenoxy) is 2. The Morgan fingerprint density at radius 2 is 2.40 bits per heavy atom. The molecular formula is C10H16O5. The molecule has 1 rings (SSSR count). The third-order valence-corrected chi connectivity index (χ3v) is 2.64. The highest BCUT2D eigenvalue weighted by Crippen LogP contribution is 2.29. The van der Waals surface area contributed by atoms with Gasteiger partial charge in [0.2, 0.25) is 0 Å². The van der Waals surface area contributed by atoms with Gasteiger partial charge in [0, 0.05) is 19.6 Å². The van der Waals surface area contributed by atoms with Crippen LogP contribution in [0.4, 0.5) is 0 Å². The van der Waals surface area contributed by atoms with Crippen molar-refractivity contribution in [1.29, 1.82) is 0 Å². The molecule has 0 aromatic heterocycles. The number of carbonyl (C=O) groups is 2. The van der Waals surface area contributed by atoms with Crippen molar-refractivity contribution in [3.63, 3.8) is 0 Å². The Hall–Kier alpha value is -0.940. The van der Waals surface area contributed by atoms with Crippen molar-refractivity contribution in [2.24, 2.45) is 5.41 Å². The fourth-order valence-electron chi connectivity index (χ4n) is 1.62. The average Bonchev–Trinajstić information content (AvgIpc) is 2.21. The summed E-state index contributed by atoms with van der Waals surface area (Å²) < 4.78 is 10.2. The van der Waals surface area contributed by atoms with Gasteiger partial charge in [0.05, 0.1) is 13.2 Å². The van der Waals surface area contributed by atoms with Crippen LogP contribution in [0.15, 0.2) is 0 Å². The Balaban J connectivity index is 2.68. The predicted molar refractivity (Wildman–Crippen MR) is 51.6 cm³/mol. The molecule has 0 aromatic rings. The summed E-state index contributed by atoms with van der Waals surface area (Å²) in [5.74, 6) is -1.35. The highest BCUT2D eigenvalue weighted by molar-refractivity contribution is 6.03. The fourth-order valence-corrected chi connectivity index (χ4v) is 1.62. The lowest BCUT2D eigenvalue weighted by Gasteiger charge is -2.31. The number of carboxylic acids is 1. The molecular weight excluding hydrogens is 200 g/mol. The lowest BCUT2D eigenvalue weighted by atomic mass is 9.78. The zero-order valence-electron chi connectivity index (χ0n) is 8.82. The van der Waals surface area contributed by atoms with Gasteiger partial charge < -0.3 is 14.6 Å². The van der Waals surface area contributed by atoms with Crippen LogP contribution in [0.2, 0.25) is 0 Å². The van der Waals surface area contributed by atoms with Gasteiger partial charge in [-0.15, -0.1) is 0 Å². The molecule has 0 spiro atoms. The number of rotatable bonds is 5. The first kappa shape index (κ1) is 12.1. The van der Waals surface area contributed by atoms with E-state index in [0.717, 1.165) is 0 Å². The summed E-state index contributed by atoms with van der Waals surface area (Å²) in [6.45, 7) is 2.91. The van der Waals surface area contributed by atoms with Crippen LogP contribution in [0.5, 0.6) is 0 Å². The summed E-state index contributed by atoms with van der Waals surface area (Å²) in [6, 6.07) is 0. The maximum Gasteiger partial charge on any atom is 0.319 e. The number of hydrogen-bond donors (Lipinski definition) is 1. The normalized spacial score (nSPS) is 26.6. The maximum atomic E-state index is 11.6. The summed E-state index contributed by atoms with van der Waals surface area (Å²) in [6.07, 6.45) is 0.368. The van der Waals surface area contributed by atoms with Gasteiger partial charge in [0.15, 0.2) is 11.2 Å². The van der Waals surface area contributed by atoms with Crippen LogP contribution in [0.25, 0.3) is 0 Å². The molecule has 0 aliphatic carbocycles. The van der Waals surface area contributed by atoms with Gasteiger partial charge in [-0.2, -0.15) is 0 Å². The number of aliphatic carboxylic acids is 1. The van der Waals surface area contributed by atoms with E-state index in [0.29, 0.717) is 13.2 Å². The molecule has 0 saturated carbocycles. The molecule has 5 heteroatoms. The highest BCUT2D eigenvalue weighted by Gasteiger charge is 2.47. The summed E-state index contributed by atoms with van der Waals surface area (Å²) in [5.41, 5.74) is -1.38. The molecule has 1 aliphatic heterocycles. The molecule has 1 unspecified atom stereocenters. The average molecular weight is 216 g/mol. The number of carbonyl (C=O) groups excluding carboxylic acids is 1. The molecule has 1 fully saturated rings. The summed E-state index contributed by atoms with van der Waals surface area (Å²) in [5, 5.41) is 9.10. The van der Waals surface area contributed by atoms with Crippen molar-refractivity contribution in [2.45, 2.75) is 19.8 Å². The van der Waals surface area contributed by atoms with Gasteiger partial charge >= 0.3 is 5.97 Å². The van der Waals surface area contributed by atoms with Gasteiger partial charge in [-0.1, -0.05) is 0 Å². The van der Waals surface area contributed by atoms with E-state index in [1.165, 1.54) is 0 Å². The number of carboxylic acid groups (broad SMARTS) is 1. The first-order valence-corrected chi connectivity index (χ1v) is 5.05. The van der Waals surface area contributed by atoms with Crippen molar-refractivity contribution in [3.8, 4) is 0 Å². The minimum Gasteiger partial charge on any atom is -0.480 e. The highest BCUT2D eigenvalue weighted by atomic mass is 16.5. The van der Waals surface area contributed by atoms with Crippen LogP contribution >= 0.6 is 0 Å². The molecule has 0 radical (unpaired) electrons. The zero-order valence-corrected chi connectivity index (χ0v) is 8.82. The number of ketones is 1. The maximum absolute atomic E-state index is 11.6. The van der Waals surface area contributed by atoms with Crippen molar-refractivity contribution in [2.75, 3.05) is 26.4 Å². The molecule has 1 heterocycles. The third kappa shape index (κ3) is 2.54. The van der Waals surface area contributed by atoms with E-state index >= 15 is 0 Å². The topological polar surface area (TPSA) is 72.8 Å². The number of Topliss-reactive ketones (excluding diaryl/α,β-unsaturated/α-hetero) is 1. The molecule has 5 nitrogen and oxygen atoms in total. The minimum absolute atomic E-state index is 0.0335. The molecule has 1 N–H and O–H groups in total. The Morgan fingerprint density at radius 3 is 2.93 bits per heavy atom. The SMILES string of the molecule is CCOCCC1(C(=O)O)COCCC1=O. The lowest BCUT2D eigenvalue weighted by Crippen LogP contribution is -2.47. The van der Waals surface area contributed by atoms with Crippen LogP contribution in [0.1, 0.15) is 19.8 Å². The Labute approximate surface area is 88.4 Å². The summed E-state index contributed by atoms with van der Waals surface area (Å²) >= 11 is 0. The monoisotopic (exact) mass is 216 g/mol. The second-order valence-electron chi connectivity index (χ2n) is 3.56. The molecule has 0 bridgehead atoms. The Bertz CT molecular complexity index is 250. The van der Waals surface area contributed by atoms with E-state index in [1.54, 1.807) is 0 Å². The van der Waals surface area contributed by atoms with E-state index in [2.05, 4.69) is 0 Å². The molecule has 1 aliphatic rings. The molecule has 1 atom stereocenters. The fraction of sp³-hybridized carbons (Fsp3) is 0.800. The van der Waals surface area contributed by atoms with Gasteiger partial charge in [0.25, 0.3) is 0 Å². The van der Waals surface area contributed by atoms with E-state index in [1.807, 2.05) is 6.92 Å². The van der Waals surface area contributed by atoms with Crippen LogP contribution in [0, 0.1) is 5.41 Å². The van der Waals surface area contributed by atoms with E-state index in [4.69, 9.17) is 14.6 Å². The van der Waals surface area contributed by atoms with E-state index in [9.17, 15) is 9.59 Å². The van der Waals surface area contributed by atoms with Crippen molar-refractivity contribution < 1.29 is 24.2 Å². The van der Waals surface area contributed by atoms with Crippen molar-refractivity contribution in [1.82, 2.24) is 0 Å². The number of hydrogen-bond acceptors (Lipinski definition) is 4. The van der Waals surface area contributed by atoms with E-state index in [-0.39, 0.29) is 31.8 Å². The Morgan fingerprint density at radius 1 is 1.67 bits per heavy atom. The van der Waals surface area contributed by atoms with Gasteiger partial charge in [-0.25, -0.2) is 0 Å². The van der Waals surface area contributed by atoms with E-state index < -0.39 is 11.4 Å². The van der Waals surface area contributed by atoms with Crippen LogP contribution in [0.3, 0.4) is 0 Å². The minimum atomic E-state index is -1.38. The Kier molecular flexibility index (Phi) is 4.23. The van der Waals surface area contributed by atoms with Gasteiger partial charge in [-0.05, 0) is 13.3 Å². The van der Waals surface area contributed by atoms with Crippen LogP contribution in [-0.2, 0) is 19.1 Å². The molecule has 15 heavy (non-hydrogen) atoms. The first-order valence-electron chi connectivity index (χ1n) is 5.05. The molecule has 1 saturated heterocycles. The van der Waals surface area contributed by atoms with Gasteiger partial charge in [0.1, 0.15) is 0 Å². The van der Waals surface area contributed by atoms with Gasteiger partial charge in [-0.3, -0.25) is 9.59 Å². The summed E-state index contributed by atoms with van der Waals surface area (Å²) in [4.78, 5) is 22.8. The van der Waals surface area contributed by atoms with Crippen LogP contribution < -0.4 is 0 Å². The predicted octanol–water partition coefficient (Wildman–Crippen LogP) is 0.473. The van der Waals surface area contributed by atoms with Crippen LogP contribution in [-0.4, -0.2) is 43.3 Å². The quantitative estimate of drug-likeness (QED) is 0.534. The second kappa shape index (κ2) is 5.23. The molecule has 0 amide bonds. The zero-order chi connectivity index (χ0) is 11.3. The third-order valence-electron chi connectivity index (χ3n) is 2.64. The molecule has 0 aromatic carbocycles. The second-order valence-corrected chi connectivity index (χ2v) is 3.56. The first-order chi connectivity index (χ1) is 7.13. The van der Waals surface area contributed by atoms with Crippen molar-refractivity contribution in [3.05, 3.63) is 0 Å². The van der Waals surface area contributed by atoms with Crippen molar-refractivity contribution >= 4 is 11.8 Å². The smallest absolute Gasteiger partial charge is 0.319 e. The lowest BCUT2D eigenvalue weighted by molar-refractivity contribution is -0.166. The summed E-state index contributed by atoms with van der Waals surface area (Å²) in [7, 11) is 0. The molecule has 86 valence electrons.